The highest BCUT2D eigenvalue weighted by atomic mass is 16.2. The molecule has 0 spiro atoms. The fourth-order valence-electron chi connectivity index (χ4n) is 2.12. The van der Waals surface area contributed by atoms with Crippen molar-refractivity contribution in [1.82, 2.24) is 10.2 Å². The lowest BCUT2D eigenvalue weighted by atomic mass is 9.96. The summed E-state index contributed by atoms with van der Waals surface area (Å²) < 4.78 is 0. The maximum Gasteiger partial charge on any atom is 0.257 e. The van der Waals surface area contributed by atoms with Crippen LogP contribution in [0.2, 0.25) is 0 Å². The molecule has 0 unspecified atom stereocenters. The van der Waals surface area contributed by atoms with Gasteiger partial charge in [0.2, 0.25) is 5.91 Å². The number of hydrogen-bond donors (Lipinski definition) is 2. The Hall–Kier alpha value is -2.37. The molecule has 20 heavy (non-hydrogen) atoms. The Kier molecular flexibility index (Phi) is 3.25. The van der Waals surface area contributed by atoms with E-state index in [2.05, 4.69) is 5.32 Å². The third-order valence-electron chi connectivity index (χ3n) is 3.58. The predicted octanol–water partition coefficient (Wildman–Crippen LogP) is 0.454. The monoisotopic (exact) mass is 275 g/mol. The molecule has 0 atom stereocenters. The molecule has 0 radical (unpaired) electrons. The van der Waals surface area contributed by atoms with Crippen LogP contribution in [-0.4, -0.2) is 34.7 Å². The van der Waals surface area contributed by atoms with E-state index in [-0.39, 0.29) is 6.54 Å². The van der Waals surface area contributed by atoms with Crippen molar-refractivity contribution in [1.29, 1.82) is 0 Å². The Labute approximate surface area is 116 Å². The first-order chi connectivity index (χ1) is 9.25. The topological polar surface area (TPSA) is 92.5 Å². The van der Waals surface area contributed by atoms with Crippen molar-refractivity contribution in [2.75, 3.05) is 12.3 Å². The Bertz CT molecular complexity index is 608. The van der Waals surface area contributed by atoms with Crippen LogP contribution in [0.3, 0.4) is 0 Å². The van der Waals surface area contributed by atoms with Crippen LogP contribution in [0.25, 0.3) is 0 Å². The van der Waals surface area contributed by atoms with Gasteiger partial charge in [0.1, 0.15) is 12.1 Å². The third-order valence-corrected chi connectivity index (χ3v) is 3.58. The van der Waals surface area contributed by atoms with Crippen molar-refractivity contribution >= 4 is 23.4 Å². The molecule has 2 rings (SSSR count). The number of aryl methyl sites for hydroxylation is 1. The first-order valence-electron chi connectivity index (χ1n) is 6.26. The summed E-state index contributed by atoms with van der Waals surface area (Å²) in [7, 11) is 0. The number of carbonyl (C=O) groups excluding carboxylic acids is 3. The van der Waals surface area contributed by atoms with Crippen LogP contribution in [0.15, 0.2) is 18.2 Å². The van der Waals surface area contributed by atoms with Gasteiger partial charge < -0.3 is 10.6 Å². The highest BCUT2D eigenvalue weighted by Crippen LogP contribution is 2.24. The molecule has 1 aliphatic heterocycles. The predicted molar refractivity (Wildman–Crippen MR) is 73.9 cm³/mol. The Morgan fingerprint density at radius 3 is 2.65 bits per heavy atom. The summed E-state index contributed by atoms with van der Waals surface area (Å²) in [5.41, 5.74) is 6.27. The number of benzene rings is 1. The SMILES string of the molecule is Cc1cccc(C(=O)N2CC(=O)NC(=O)C2(C)C)c1N. The second-order valence-electron chi connectivity index (χ2n) is 5.36. The normalized spacial score (nSPS) is 17.9. The van der Waals surface area contributed by atoms with E-state index in [0.29, 0.717) is 11.3 Å². The first kappa shape index (κ1) is 14.0. The van der Waals surface area contributed by atoms with Crippen LogP contribution in [-0.2, 0) is 9.59 Å². The lowest BCUT2D eigenvalue weighted by molar-refractivity contribution is -0.143. The Morgan fingerprint density at radius 1 is 1.35 bits per heavy atom. The summed E-state index contributed by atoms with van der Waals surface area (Å²) in [6, 6.07) is 5.11. The molecular weight excluding hydrogens is 258 g/mol. The van der Waals surface area contributed by atoms with Crippen LogP contribution in [0.5, 0.6) is 0 Å². The number of piperazine rings is 1. The number of carbonyl (C=O) groups is 3. The van der Waals surface area contributed by atoms with Crippen molar-refractivity contribution in [2.24, 2.45) is 0 Å². The van der Waals surface area contributed by atoms with E-state index in [1.807, 2.05) is 0 Å². The van der Waals surface area contributed by atoms with E-state index in [4.69, 9.17) is 5.73 Å². The van der Waals surface area contributed by atoms with Crippen LogP contribution >= 0.6 is 0 Å². The van der Waals surface area contributed by atoms with Crippen molar-refractivity contribution < 1.29 is 14.4 Å². The van der Waals surface area contributed by atoms with Gasteiger partial charge in [0.15, 0.2) is 0 Å². The molecule has 6 heteroatoms. The van der Waals surface area contributed by atoms with Crippen LogP contribution in [0.1, 0.15) is 29.8 Å². The lowest BCUT2D eigenvalue weighted by Gasteiger charge is -2.40. The maximum absolute atomic E-state index is 12.6. The molecule has 1 heterocycles. The molecule has 3 amide bonds. The Balaban J connectivity index is 2.43. The lowest BCUT2D eigenvalue weighted by Crippen LogP contribution is -2.65. The van der Waals surface area contributed by atoms with E-state index >= 15 is 0 Å². The summed E-state index contributed by atoms with van der Waals surface area (Å²) in [5.74, 6) is -1.40. The van der Waals surface area contributed by atoms with Gasteiger partial charge in [0, 0.05) is 5.69 Å². The van der Waals surface area contributed by atoms with E-state index < -0.39 is 23.3 Å². The number of imide groups is 1. The minimum atomic E-state index is -1.10. The molecule has 1 aromatic rings. The van der Waals surface area contributed by atoms with Crippen LogP contribution < -0.4 is 11.1 Å². The largest absolute Gasteiger partial charge is 0.398 e. The van der Waals surface area contributed by atoms with Gasteiger partial charge in [-0.05, 0) is 32.4 Å². The second-order valence-corrected chi connectivity index (χ2v) is 5.36. The minimum absolute atomic E-state index is 0.162. The molecule has 6 nitrogen and oxygen atoms in total. The average Bonchev–Trinajstić information content (AvgIpc) is 2.37. The van der Waals surface area contributed by atoms with E-state index in [1.54, 1.807) is 39.0 Å². The molecule has 0 bridgehead atoms. The fourth-order valence-corrected chi connectivity index (χ4v) is 2.12. The molecule has 1 saturated heterocycles. The Morgan fingerprint density at radius 2 is 2.00 bits per heavy atom. The summed E-state index contributed by atoms with van der Waals surface area (Å²) in [5, 5.41) is 2.23. The van der Waals surface area contributed by atoms with Gasteiger partial charge in [-0.15, -0.1) is 0 Å². The summed E-state index contributed by atoms with van der Waals surface area (Å²) in [6.07, 6.45) is 0. The smallest absolute Gasteiger partial charge is 0.257 e. The van der Waals surface area contributed by atoms with Crippen molar-refractivity contribution in [3.05, 3.63) is 29.3 Å². The third kappa shape index (κ3) is 2.13. The van der Waals surface area contributed by atoms with Crippen molar-refractivity contribution in [3.63, 3.8) is 0 Å². The molecule has 0 aromatic heterocycles. The second kappa shape index (κ2) is 4.63. The highest BCUT2D eigenvalue weighted by Gasteiger charge is 2.44. The highest BCUT2D eigenvalue weighted by molar-refractivity contribution is 6.10. The average molecular weight is 275 g/mol. The van der Waals surface area contributed by atoms with Crippen molar-refractivity contribution in [2.45, 2.75) is 26.3 Å². The van der Waals surface area contributed by atoms with Gasteiger partial charge in [-0.3, -0.25) is 19.7 Å². The number of nitrogens with one attached hydrogen (secondary N) is 1. The van der Waals surface area contributed by atoms with Gasteiger partial charge >= 0.3 is 0 Å². The van der Waals surface area contributed by atoms with Gasteiger partial charge in [0.25, 0.3) is 11.8 Å². The molecule has 0 saturated carbocycles. The van der Waals surface area contributed by atoms with Crippen LogP contribution in [0, 0.1) is 6.92 Å². The number of nitrogens with zero attached hydrogens (tertiary/aromatic N) is 1. The number of rotatable bonds is 1. The fraction of sp³-hybridized carbons (Fsp3) is 0.357. The molecular formula is C14H17N3O3. The zero-order valence-electron chi connectivity index (χ0n) is 11.7. The maximum atomic E-state index is 12.6. The standard InChI is InChI=1S/C14H17N3O3/c1-8-5-4-6-9(11(8)15)12(19)17-7-10(18)16-13(20)14(17,2)3/h4-6H,7,15H2,1-3H3,(H,16,18,20). The zero-order chi connectivity index (χ0) is 15.1. The van der Waals surface area contributed by atoms with Gasteiger partial charge in [0.05, 0.1) is 5.56 Å². The number of para-hydroxylation sites is 1. The van der Waals surface area contributed by atoms with E-state index in [9.17, 15) is 14.4 Å². The number of amides is 3. The van der Waals surface area contributed by atoms with Gasteiger partial charge in [-0.25, -0.2) is 0 Å². The quantitative estimate of drug-likeness (QED) is 0.575. The summed E-state index contributed by atoms with van der Waals surface area (Å²) >= 11 is 0. The zero-order valence-corrected chi connectivity index (χ0v) is 11.7. The molecule has 1 aromatic carbocycles. The molecule has 1 aliphatic rings. The van der Waals surface area contributed by atoms with Gasteiger partial charge in [-0.2, -0.15) is 0 Å². The van der Waals surface area contributed by atoms with Gasteiger partial charge in [-0.1, -0.05) is 12.1 Å². The van der Waals surface area contributed by atoms with E-state index in [0.717, 1.165) is 5.56 Å². The molecule has 0 aliphatic carbocycles. The number of nitrogens with two attached hydrogens (primary N) is 1. The molecule has 1 fully saturated rings. The summed E-state index contributed by atoms with van der Waals surface area (Å²) in [4.78, 5) is 37.2. The minimum Gasteiger partial charge on any atom is -0.398 e. The molecule has 3 N–H and O–H groups in total. The number of nitrogen functional groups attached to an aromatic ring is 1. The number of anilines is 1. The van der Waals surface area contributed by atoms with E-state index in [1.165, 1.54) is 4.90 Å². The summed E-state index contributed by atoms with van der Waals surface area (Å²) in [6.45, 7) is 4.83. The number of hydrogen-bond acceptors (Lipinski definition) is 4. The molecule has 106 valence electrons. The van der Waals surface area contributed by atoms with Crippen LogP contribution in [0.4, 0.5) is 5.69 Å². The first-order valence-corrected chi connectivity index (χ1v) is 6.26. The van der Waals surface area contributed by atoms with Crippen molar-refractivity contribution in [3.8, 4) is 0 Å².